The van der Waals surface area contributed by atoms with Gasteiger partial charge in [0.25, 0.3) is 5.91 Å². The van der Waals surface area contributed by atoms with Crippen LogP contribution in [0.5, 0.6) is 17.2 Å². The van der Waals surface area contributed by atoms with Gasteiger partial charge in [-0.05, 0) is 36.4 Å². The Kier molecular flexibility index (Phi) is 5.45. The molecule has 32 heavy (non-hydrogen) atoms. The Morgan fingerprint density at radius 1 is 0.969 bits per heavy atom. The van der Waals surface area contributed by atoms with Crippen molar-refractivity contribution in [3.8, 4) is 28.5 Å². The normalized spacial score (nSPS) is 15.0. The summed E-state index contributed by atoms with van der Waals surface area (Å²) in [6.07, 6.45) is 1.50. The second kappa shape index (κ2) is 8.70. The van der Waals surface area contributed by atoms with Gasteiger partial charge in [-0.15, -0.1) is 0 Å². The van der Waals surface area contributed by atoms with E-state index in [1.807, 2.05) is 6.07 Å². The summed E-state index contributed by atoms with van der Waals surface area (Å²) < 4.78 is 29.4. The molecule has 9 heteroatoms. The van der Waals surface area contributed by atoms with Gasteiger partial charge in [0.2, 0.25) is 6.79 Å². The van der Waals surface area contributed by atoms with Crippen LogP contribution in [-0.2, 0) is 4.79 Å². The smallest absolute Gasteiger partial charge is 0.260 e. The minimum atomic E-state index is -0.286. The van der Waals surface area contributed by atoms with Crippen LogP contribution in [0.15, 0.2) is 54.9 Å². The van der Waals surface area contributed by atoms with Crippen molar-refractivity contribution in [2.45, 2.75) is 0 Å². The number of hydrogen-bond donors (Lipinski definition) is 0. The number of aromatic nitrogens is 2. The van der Waals surface area contributed by atoms with Gasteiger partial charge in [0.05, 0.1) is 5.69 Å². The Morgan fingerprint density at radius 2 is 1.75 bits per heavy atom. The number of rotatable bonds is 5. The van der Waals surface area contributed by atoms with E-state index in [9.17, 15) is 9.18 Å². The minimum Gasteiger partial charge on any atom is -0.484 e. The molecular formula is C23H21FN4O4. The Morgan fingerprint density at radius 3 is 2.56 bits per heavy atom. The van der Waals surface area contributed by atoms with Gasteiger partial charge in [0.1, 0.15) is 23.7 Å². The van der Waals surface area contributed by atoms with Gasteiger partial charge < -0.3 is 24.0 Å². The van der Waals surface area contributed by atoms with E-state index < -0.39 is 0 Å². The molecule has 3 aromatic rings. The number of hydrogen-bond acceptors (Lipinski definition) is 7. The molecule has 0 radical (unpaired) electrons. The highest BCUT2D eigenvalue weighted by atomic mass is 19.1. The highest BCUT2D eigenvalue weighted by Crippen LogP contribution is 2.35. The SMILES string of the molecule is O=C(COc1ccc2c(c1)OCO2)N1CCN(c2cc(-c3ccc(F)cc3)ncn2)CC1. The van der Waals surface area contributed by atoms with Crippen LogP contribution in [-0.4, -0.2) is 60.4 Å². The van der Waals surface area contributed by atoms with Gasteiger partial charge in [-0.25, -0.2) is 14.4 Å². The van der Waals surface area contributed by atoms with Crippen molar-refractivity contribution in [3.63, 3.8) is 0 Å². The van der Waals surface area contributed by atoms with Crippen LogP contribution >= 0.6 is 0 Å². The van der Waals surface area contributed by atoms with E-state index >= 15 is 0 Å². The zero-order valence-corrected chi connectivity index (χ0v) is 17.2. The van der Waals surface area contributed by atoms with Crippen molar-refractivity contribution in [1.82, 2.24) is 14.9 Å². The summed E-state index contributed by atoms with van der Waals surface area (Å²) in [6, 6.07) is 13.3. The monoisotopic (exact) mass is 436 g/mol. The van der Waals surface area contributed by atoms with Crippen molar-refractivity contribution in [2.24, 2.45) is 0 Å². The lowest BCUT2D eigenvalue weighted by atomic mass is 10.1. The molecule has 0 unspecified atom stereocenters. The lowest BCUT2D eigenvalue weighted by molar-refractivity contribution is -0.133. The third-order valence-electron chi connectivity index (χ3n) is 5.46. The molecule has 0 spiro atoms. The fourth-order valence-electron chi connectivity index (χ4n) is 3.69. The largest absolute Gasteiger partial charge is 0.484 e. The van der Waals surface area contributed by atoms with E-state index in [-0.39, 0.29) is 25.1 Å². The van der Waals surface area contributed by atoms with Crippen molar-refractivity contribution in [3.05, 3.63) is 60.7 Å². The van der Waals surface area contributed by atoms with Crippen LogP contribution in [0.25, 0.3) is 11.3 Å². The predicted octanol–water partition coefficient (Wildman–Crippen LogP) is 2.74. The molecule has 8 nitrogen and oxygen atoms in total. The number of nitrogens with zero attached hydrogens (tertiary/aromatic N) is 4. The predicted molar refractivity (Wildman–Crippen MR) is 114 cm³/mol. The van der Waals surface area contributed by atoms with E-state index in [2.05, 4.69) is 14.9 Å². The molecule has 1 amide bonds. The molecule has 0 saturated carbocycles. The first-order chi connectivity index (χ1) is 15.7. The van der Waals surface area contributed by atoms with Gasteiger partial charge in [-0.3, -0.25) is 4.79 Å². The van der Waals surface area contributed by atoms with Gasteiger partial charge in [0, 0.05) is 43.9 Å². The quantitative estimate of drug-likeness (QED) is 0.609. The molecule has 0 aliphatic carbocycles. The summed E-state index contributed by atoms with van der Waals surface area (Å²) in [7, 11) is 0. The molecule has 164 valence electrons. The summed E-state index contributed by atoms with van der Waals surface area (Å²) >= 11 is 0. The van der Waals surface area contributed by atoms with Crippen molar-refractivity contribution >= 4 is 11.7 Å². The number of carbonyl (C=O) groups is 1. The highest BCUT2D eigenvalue weighted by molar-refractivity contribution is 5.78. The Bertz CT molecular complexity index is 1120. The van der Waals surface area contributed by atoms with E-state index in [1.54, 1.807) is 35.2 Å². The van der Waals surface area contributed by atoms with Gasteiger partial charge >= 0.3 is 0 Å². The first-order valence-electron chi connectivity index (χ1n) is 10.3. The fourth-order valence-corrected chi connectivity index (χ4v) is 3.69. The molecule has 2 aromatic carbocycles. The highest BCUT2D eigenvalue weighted by Gasteiger charge is 2.23. The maximum atomic E-state index is 13.2. The zero-order valence-electron chi connectivity index (χ0n) is 17.2. The molecule has 1 fully saturated rings. The molecule has 2 aliphatic rings. The van der Waals surface area contributed by atoms with E-state index in [4.69, 9.17) is 14.2 Å². The van der Waals surface area contributed by atoms with Crippen LogP contribution in [0.3, 0.4) is 0 Å². The number of amides is 1. The molecule has 2 aliphatic heterocycles. The molecule has 1 aromatic heterocycles. The summed E-state index contributed by atoms with van der Waals surface area (Å²) in [5.74, 6) is 2.28. The zero-order chi connectivity index (χ0) is 21.9. The topological polar surface area (TPSA) is 77.0 Å². The summed E-state index contributed by atoms with van der Waals surface area (Å²) in [5, 5.41) is 0. The van der Waals surface area contributed by atoms with Crippen LogP contribution < -0.4 is 19.1 Å². The van der Waals surface area contributed by atoms with Crippen LogP contribution in [0.4, 0.5) is 10.2 Å². The number of fused-ring (bicyclic) bond motifs is 1. The third-order valence-corrected chi connectivity index (χ3v) is 5.46. The summed E-state index contributed by atoms with van der Waals surface area (Å²) in [5.41, 5.74) is 1.55. The van der Waals surface area contributed by atoms with E-state index in [0.29, 0.717) is 43.4 Å². The standard InChI is InChI=1S/C23H21FN4O4/c24-17-3-1-16(2-4-17)19-12-22(26-14-25-19)27-7-9-28(10-8-27)23(29)13-30-18-5-6-20-21(11-18)32-15-31-20/h1-6,11-12,14H,7-10,13,15H2. The first-order valence-corrected chi connectivity index (χ1v) is 10.3. The summed E-state index contributed by atoms with van der Waals surface area (Å²) in [4.78, 5) is 25.1. The Labute approximate surface area is 184 Å². The average Bonchev–Trinajstić information content (AvgIpc) is 3.31. The maximum Gasteiger partial charge on any atom is 0.260 e. The van der Waals surface area contributed by atoms with Gasteiger partial charge in [-0.2, -0.15) is 0 Å². The lowest BCUT2D eigenvalue weighted by Gasteiger charge is -2.35. The molecular weight excluding hydrogens is 415 g/mol. The van der Waals surface area contributed by atoms with Crippen molar-refractivity contribution < 1.29 is 23.4 Å². The maximum absolute atomic E-state index is 13.2. The van der Waals surface area contributed by atoms with Crippen molar-refractivity contribution in [2.75, 3.05) is 44.5 Å². The molecule has 0 atom stereocenters. The van der Waals surface area contributed by atoms with E-state index in [1.165, 1.54) is 18.5 Å². The number of piperazine rings is 1. The lowest BCUT2D eigenvalue weighted by Crippen LogP contribution is -2.50. The fraction of sp³-hybridized carbons (Fsp3) is 0.261. The average molecular weight is 436 g/mol. The summed E-state index contributed by atoms with van der Waals surface area (Å²) in [6.45, 7) is 2.59. The second-order valence-corrected chi connectivity index (χ2v) is 7.44. The van der Waals surface area contributed by atoms with E-state index in [0.717, 1.165) is 17.1 Å². The Balaban J connectivity index is 1.16. The number of ether oxygens (including phenoxy) is 3. The second-order valence-electron chi connectivity index (χ2n) is 7.44. The van der Waals surface area contributed by atoms with Gasteiger partial charge in [-0.1, -0.05) is 0 Å². The van der Waals surface area contributed by atoms with Crippen molar-refractivity contribution in [1.29, 1.82) is 0 Å². The third kappa shape index (κ3) is 4.27. The van der Waals surface area contributed by atoms with Crippen LogP contribution in [0.2, 0.25) is 0 Å². The minimum absolute atomic E-state index is 0.0398. The number of carbonyl (C=O) groups excluding carboxylic acids is 1. The molecule has 1 saturated heterocycles. The van der Waals surface area contributed by atoms with Crippen LogP contribution in [0.1, 0.15) is 0 Å². The number of benzene rings is 2. The Hall–Kier alpha value is -3.88. The van der Waals surface area contributed by atoms with Gasteiger partial charge in [0.15, 0.2) is 18.1 Å². The molecule has 0 N–H and O–H groups in total. The number of anilines is 1. The molecule has 5 rings (SSSR count). The number of halogens is 1. The molecule has 0 bridgehead atoms. The van der Waals surface area contributed by atoms with Crippen LogP contribution in [0, 0.1) is 5.82 Å². The first kappa shape index (κ1) is 20.0. The molecule has 3 heterocycles.